The van der Waals surface area contributed by atoms with Crippen LogP contribution in [0.15, 0.2) is 115 Å². The van der Waals surface area contributed by atoms with E-state index < -0.39 is 69.3 Å². The molecule has 3 nitrogen and oxygen atoms in total. The number of hydrogen-bond donors (Lipinski definition) is 0. The molecule has 0 aliphatic heterocycles. The normalized spacial score (nSPS) is 13.0. The van der Waals surface area contributed by atoms with Gasteiger partial charge < -0.3 is 9.13 Å². The lowest BCUT2D eigenvalue weighted by atomic mass is 9.90. The Morgan fingerprint density at radius 1 is 0.429 bits per heavy atom. The number of aromatic nitrogens is 2. The summed E-state index contributed by atoms with van der Waals surface area (Å²) in [5.74, 6) is 0. The molecule has 0 amide bonds. The van der Waals surface area contributed by atoms with Crippen molar-refractivity contribution in [3.8, 4) is 28.6 Å². The maximum Gasteiger partial charge on any atom is 0.417 e. The molecule has 15 heteroatoms. The molecule has 8 aromatic rings. The molecule has 0 saturated carbocycles. The first kappa shape index (κ1) is 36.5. The standard InChI is InChI=1S/C41H19F12N3/c42-38(43,44)21-12-14-25-23-6-1-3-10-31(23)55(34(25)18-21)33-17-16-27(36-29(40(48,49)50)8-5-9-30(36)41(51,52)53)37(28(33)20-54)56-32-11-4-2-7-24(32)26-15-13-22(19-35(26)56)39(45,46)47/h1-19H. The highest BCUT2D eigenvalue weighted by atomic mass is 19.4. The summed E-state index contributed by atoms with van der Waals surface area (Å²) >= 11 is 0. The first-order valence-corrected chi connectivity index (χ1v) is 16.4. The molecule has 0 unspecified atom stereocenters. The predicted octanol–water partition coefficient (Wildman–Crippen LogP) is 13.5. The van der Waals surface area contributed by atoms with Crippen molar-refractivity contribution >= 4 is 43.6 Å². The minimum absolute atomic E-state index is 0.0105. The van der Waals surface area contributed by atoms with Crippen LogP contribution in [-0.4, -0.2) is 9.13 Å². The molecule has 56 heavy (non-hydrogen) atoms. The number of nitriles is 1. The van der Waals surface area contributed by atoms with Crippen molar-refractivity contribution in [3.63, 3.8) is 0 Å². The molecule has 0 aliphatic rings. The fraction of sp³-hybridized carbons (Fsp3) is 0.0976. The van der Waals surface area contributed by atoms with Crippen LogP contribution in [-0.2, 0) is 24.7 Å². The Kier molecular flexibility index (Phi) is 8.02. The molecule has 0 radical (unpaired) electrons. The SMILES string of the molecule is N#Cc1c(-n2c3ccccc3c3ccc(C(F)(F)F)cc32)ccc(-c2c(C(F)(F)F)cccc2C(F)(F)F)c1-n1c2ccccc2c2ccc(C(F)(F)F)cc21. The Morgan fingerprint density at radius 2 is 0.875 bits per heavy atom. The summed E-state index contributed by atoms with van der Waals surface area (Å²) in [6, 6.07) is 22.5. The van der Waals surface area contributed by atoms with E-state index in [1.54, 1.807) is 12.1 Å². The first-order valence-electron chi connectivity index (χ1n) is 16.4. The Hall–Kier alpha value is -6.43. The van der Waals surface area contributed by atoms with Gasteiger partial charge in [0.25, 0.3) is 0 Å². The largest absolute Gasteiger partial charge is 0.417 e. The van der Waals surface area contributed by atoms with Crippen LogP contribution >= 0.6 is 0 Å². The van der Waals surface area contributed by atoms with Crippen molar-refractivity contribution < 1.29 is 52.7 Å². The predicted molar refractivity (Wildman–Crippen MR) is 185 cm³/mol. The monoisotopic (exact) mass is 781 g/mol. The van der Waals surface area contributed by atoms with E-state index in [-0.39, 0.29) is 43.9 Å². The highest BCUT2D eigenvalue weighted by molar-refractivity contribution is 6.12. The number of para-hydroxylation sites is 2. The van der Waals surface area contributed by atoms with Crippen LogP contribution in [0.5, 0.6) is 0 Å². The van der Waals surface area contributed by atoms with Gasteiger partial charge in [-0.05, 0) is 54.6 Å². The zero-order valence-corrected chi connectivity index (χ0v) is 27.8. The maximum atomic E-state index is 14.8. The summed E-state index contributed by atoms with van der Waals surface area (Å²) in [7, 11) is 0. The molecule has 0 saturated heterocycles. The summed E-state index contributed by atoms with van der Waals surface area (Å²) in [4.78, 5) is 0. The highest BCUT2D eigenvalue weighted by Gasteiger charge is 2.42. The third-order valence-corrected chi connectivity index (χ3v) is 9.68. The van der Waals surface area contributed by atoms with Crippen LogP contribution < -0.4 is 0 Å². The van der Waals surface area contributed by atoms with Gasteiger partial charge >= 0.3 is 24.7 Å². The van der Waals surface area contributed by atoms with E-state index in [2.05, 4.69) is 0 Å². The minimum atomic E-state index is -5.41. The lowest BCUT2D eigenvalue weighted by Gasteiger charge is -2.24. The maximum absolute atomic E-state index is 14.8. The van der Waals surface area contributed by atoms with E-state index in [1.165, 1.54) is 47.0 Å². The second-order valence-corrected chi connectivity index (χ2v) is 12.9. The number of alkyl halides is 12. The average Bonchev–Trinajstić information content (AvgIpc) is 3.64. The molecule has 6 aromatic carbocycles. The molecule has 0 N–H and O–H groups in total. The van der Waals surface area contributed by atoms with Gasteiger partial charge in [-0.25, -0.2) is 0 Å². The van der Waals surface area contributed by atoms with Crippen LogP contribution in [0.25, 0.3) is 66.1 Å². The van der Waals surface area contributed by atoms with Gasteiger partial charge in [0.15, 0.2) is 0 Å². The molecule has 2 aromatic heterocycles. The molecule has 8 rings (SSSR count). The summed E-state index contributed by atoms with van der Waals surface area (Å²) < 4.78 is 176. The molecular weight excluding hydrogens is 762 g/mol. The summed E-state index contributed by atoms with van der Waals surface area (Å²) in [6.45, 7) is 0. The van der Waals surface area contributed by atoms with Crippen molar-refractivity contribution in [2.24, 2.45) is 0 Å². The number of hydrogen-bond acceptors (Lipinski definition) is 1. The van der Waals surface area contributed by atoms with E-state index >= 15 is 0 Å². The fourth-order valence-electron chi connectivity index (χ4n) is 7.42. The highest BCUT2D eigenvalue weighted by Crippen LogP contribution is 2.49. The van der Waals surface area contributed by atoms with Gasteiger partial charge in [-0.15, -0.1) is 0 Å². The second kappa shape index (κ2) is 12.3. The topological polar surface area (TPSA) is 33.6 Å². The van der Waals surface area contributed by atoms with Crippen LogP contribution in [0.4, 0.5) is 52.7 Å². The van der Waals surface area contributed by atoms with E-state index in [1.807, 2.05) is 6.07 Å². The van der Waals surface area contributed by atoms with E-state index in [4.69, 9.17) is 0 Å². The lowest BCUT2D eigenvalue weighted by molar-refractivity contribution is -0.142. The second-order valence-electron chi connectivity index (χ2n) is 12.9. The van der Waals surface area contributed by atoms with Gasteiger partial charge in [-0.3, -0.25) is 0 Å². The summed E-state index contributed by atoms with van der Waals surface area (Å²) in [6.07, 6.45) is -20.6. The van der Waals surface area contributed by atoms with Crippen LogP contribution in [0.1, 0.15) is 27.8 Å². The van der Waals surface area contributed by atoms with E-state index in [9.17, 15) is 57.9 Å². The van der Waals surface area contributed by atoms with Crippen molar-refractivity contribution in [1.29, 1.82) is 5.26 Å². The van der Waals surface area contributed by atoms with Crippen LogP contribution in [0.2, 0.25) is 0 Å². The van der Waals surface area contributed by atoms with Gasteiger partial charge in [0.1, 0.15) is 11.6 Å². The van der Waals surface area contributed by atoms with Crippen molar-refractivity contribution in [2.75, 3.05) is 0 Å². The molecule has 2 heterocycles. The Bertz CT molecular complexity index is 2900. The number of fused-ring (bicyclic) bond motifs is 6. The van der Waals surface area contributed by atoms with Gasteiger partial charge in [0.05, 0.1) is 55.7 Å². The van der Waals surface area contributed by atoms with Gasteiger partial charge in [0.2, 0.25) is 0 Å². The molecule has 0 bridgehead atoms. The zero-order chi connectivity index (χ0) is 40.1. The van der Waals surface area contributed by atoms with Crippen molar-refractivity contribution in [3.05, 3.63) is 143 Å². The van der Waals surface area contributed by atoms with Crippen molar-refractivity contribution in [1.82, 2.24) is 9.13 Å². The summed E-state index contributed by atoms with van der Waals surface area (Å²) in [5.41, 5.74) is -9.87. The number of halogens is 12. The average molecular weight is 782 g/mol. The minimum Gasteiger partial charge on any atom is -0.308 e. The summed E-state index contributed by atoms with van der Waals surface area (Å²) in [5, 5.41) is 12.0. The molecule has 282 valence electrons. The third kappa shape index (κ3) is 5.70. The zero-order valence-electron chi connectivity index (χ0n) is 27.8. The van der Waals surface area contributed by atoms with Gasteiger partial charge in [-0.2, -0.15) is 57.9 Å². The van der Waals surface area contributed by atoms with E-state index in [0.717, 1.165) is 41.0 Å². The Balaban J connectivity index is 1.63. The first-order chi connectivity index (χ1) is 26.3. The Labute approximate surface area is 306 Å². The Morgan fingerprint density at radius 3 is 1.34 bits per heavy atom. The van der Waals surface area contributed by atoms with Crippen LogP contribution in [0, 0.1) is 11.3 Å². The quantitative estimate of drug-likeness (QED) is 0.164. The molecule has 0 aliphatic carbocycles. The number of benzene rings is 6. The molecule has 0 atom stereocenters. The molecule has 0 spiro atoms. The van der Waals surface area contributed by atoms with Gasteiger partial charge in [0, 0.05) is 32.7 Å². The van der Waals surface area contributed by atoms with Crippen LogP contribution in [0.3, 0.4) is 0 Å². The van der Waals surface area contributed by atoms with E-state index in [0.29, 0.717) is 29.7 Å². The lowest BCUT2D eigenvalue weighted by Crippen LogP contribution is -2.16. The third-order valence-electron chi connectivity index (χ3n) is 9.68. The van der Waals surface area contributed by atoms with Gasteiger partial charge in [-0.1, -0.05) is 60.7 Å². The molecule has 0 fully saturated rings. The smallest absolute Gasteiger partial charge is 0.308 e. The number of rotatable bonds is 3. The number of nitrogens with zero attached hydrogens (tertiary/aromatic N) is 3. The fourth-order valence-corrected chi connectivity index (χ4v) is 7.42. The molecular formula is C41H19F12N3. The van der Waals surface area contributed by atoms with Crippen molar-refractivity contribution in [2.45, 2.75) is 24.7 Å².